The van der Waals surface area contributed by atoms with Crippen LogP contribution in [0.15, 0.2) is 55.4 Å². The normalized spacial score (nSPS) is 12.2. The summed E-state index contributed by atoms with van der Waals surface area (Å²) in [7, 11) is 8.99. The van der Waals surface area contributed by atoms with Crippen molar-refractivity contribution in [2.45, 2.75) is 32.2 Å². The molecule has 0 saturated heterocycles. The van der Waals surface area contributed by atoms with E-state index in [0.29, 0.717) is 29.5 Å². The van der Waals surface area contributed by atoms with Crippen molar-refractivity contribution < 1.29 is 19.1 Å². The van der Waals surface area contributed by atoms with Crippen LogP contribution in [0.25, 0.3) is 22.2 Å². The van der Waals surface area contributed by atoms with E-state index in [1.807, 2.05) is 33.3 Å². The smallest absolute Gasteiger partial charge is 0.305 e. The van der Waals surface area contributed by atoms with Gasteiger partial charge in [0.15, 0.2) is 0 Å². The molecule has 2 aromatic heterocycles. The highest BCUT2D eigenvalue weighted by molar-refractivity contribution is 6.02. The molecule has 0 aliphatic carbocycles. The molecule has 1 aliphatic rings. The first-order valence-electron chi connectivity index (χ1n) is 15.0. The van der Waals surface area contributed by atoms with Crippen LogP contribution in [-0.4, -0.2) is 79.8 Å². The number of ether oxygens (including phenoxy) is 2. The number of para-hydroxylation sites is 1. The van der Waals surface area contributed by atoms with Crippen LogP contribution in [0.3, 0.4) is 0 Å². The zero-order valence-corrected chi connectivity index (χ0v) is 26.6. The van der Waals surface area contributed by atoms with E-state index in [4.69, 9.17) is 14.5 Å². The molecule has 0 radical (unpaired) electrons. The molecule has 1 aliphatic heterocycles. The predicted octanol–water partition coefficient (Wildman–Crippen LogP) is 5.02. The van der Waals surface area contributed by atoms with Crippen molar-refractivity contribution in [2.75, 3.05) is 64.0 Å². The van der Waals surface area contributed by atoms with E-state index in [0.717, 1.165) is 60.4 Å². The number of amides is 1. The number of carbonyl (C=O) groups excluding carboxylic acids is 2. The minimum Gasteiger partial charge on any atom is -0.494 e. The van der Waals surface area contributed by atoms with Crippen molar-refractivity contribution in [3.8, 4) is 17.0 Å². The maximum absolute atomic E-state index is 12.4. The minimum atomic E-state index is -0.324. The summed E-state index contributed by atoms with van der Waals surface area (Å²) in [6, 6.07) is 10.1. The number of methoxy groups -OCH3 is 2. The number of hydrogen-bond acceptors (Lipinski definition) is 9. The summed E-state index contributed by atoms with van der Waals surface area (Å²) in [4.78, 5) is 38.3. The second kappa shape index (κ2) is 13.8. The molecule has 4 aromatic rings. The number of esters is 1. The van der Waals surface area contributed by atoms with Crippen molar-refractivity contribution in [1.82, 2.24) is 19.4 Å². The van der Waals surface area contributed by atoms with Crippen LogP contribution in [0.2, 0.25) is 0 Å². The van der Waals surface area contributed by atoms with E-state index in [1.54, 1.807) is 13.3 Å². The number of aryl methyl sites for hydroxylation is 3. The third-order valence-corrected chi connectivity index (χ3v) is 8.07. The zero-order chi connectivity index (χ0) is 32.1. The summed E-state index contributed by atoms with van der Waals surface area (Å²) in [6.45, 7) is 6.10. The number of likely N-dealkylation sites (N-methyl/N-ethyl adjacent to an activating group) is 2. The van der Waals surface area contributed by atoms with Crippen LogP contribution >= 0.6 is 0 Å². The van der Waals surface area contributed by atoms with Crippen LogP contribution in [0.1, 0.15) is 24.0 Å². The molecule has 236 valence electrons. The summed E-state index contributed by atoms with van der Waals surface area (Å²) >= 11 is 0. The van der Waals surface area contributed by atoms with Crippen LogP contribution in [-0.2, 0) is 33.7 Å². The number of benzene rings is 2. The highest BCUT2D eigenvalue weighted by atomic mass is 16.5. The van der Waals surface area contributed by atoms with Gasteiger partial charge in [-0.1, -0.05) is 24.8 Å². The molecule has 1 amide bonds. The van der Waals surface area contributed by atoms with E-state index in [1.165, 1.54) is 24.3 Å². The Balaban J connectivity index is 1.57. The van der Waals surface area contributed by atoms with Gasteiger partial charge in [0.2, 0.25) is 11.9 Å². The number of nitrogens with one attached hydrogen (secondary N) is 2. The third kappa shape index (κ3) is 6.93. The summed E-state index contributed by atoms with van der Waals surface area (Å²) in [5, 5.41) is 7.38. The summed E-state index contributed by atoms with van der Waals surface area (Å²) in [6.07, 6.45) is 7.92. The SMILES string of the molecule is C=CC(=O)Nc1cc(Nc2ncc(CCC(=O)OC)c(-c3cn4c5c(cccc35)CCC4)n2)c(OC)cc1N(C)CCN(C)C. The van der Waals surface area contributed by atoms with E-state index >= 15 is 0 Å². The number of nitrogens with zero attached hydrogens (tertiary/aromatic N) is 5. The van der Waals surface area contributed by atoms with Gasteiger partial charge >= 0.3 is 5.97 Å². The first kappa shape index (κ1) is 31.5. The molecule has 45 heavy (non-hydrogen) atoms. The van der Waals surface area contributed by atoms with Crippen molar-refractivity contribution in [3.05, 3.63) is 66.5 Å². The van der Waals surface area contributed by atoms with Crippen LogP contribution in [0, 0.1) is 0 Å². The Kier molecular flexibility index (Phi) is 9.68. The molecule has 2 N–H and O–H groups in total. The third-order valence-electron chi connectivity index (χ3n) is 8.07. The number of hydrogen-bond donors (Lipinski definition) is 2. The van der Waals surface area contributed by atoms with Crippen molar-refractivity contribution in [3.63, 3.8) is 0 Å². The van der Waals surface area contributed by atoms with Gasteiger partial charge in [0.1, 0.15) is 5.75 Å². The fraction of sp³-hybridized carbons (Fsp3) is 0.353. The average molecular weight is 612 g/mol. The van der Waals surface area contributed by atoms with Gasteiger partial charge in [-0.2, -0.15) is 0 Å². The van der Waals surface area contributed by atoms with Crippen molar-refractivity contribution >= 4 is 45.8 Å². The maximum atomic E-state index is 12.4. The van der Waals surface area contributed by atoms with Crippen molar-refractivity contribution in [2.24, 2.45) is 0 Å². The lowest BCUT2D eigenvalue weighted by molar-refractivity contribution is -0.140. The monoisotopic (exact) mass is 611 g/mol. The molecule has 0 spiro atoms. The average Bonchev–Trinajstić information content (AvgIpc) is 3.42. The Bertz CT molecular complexity index is 1730. The summed E-state index contributed by atoms with van der Waals surface area (Å²) < 4.78 is 13.0. The van der Waals surface area contributed by atoms with Gasteiger partial charge in [0.25, 0.3) is 0 Å². The van der Waals surface area contributed by atoms with Gasteiger partial charge in [0, 0.05) is 62.5 Å². The van der Waals surface area contributed by atoms with Crippen molar-refractivity contribution in [1.29, 1.82) is 0 Å². The molecule has 0 unspecified atom stereocenters. The van der Waals surface area contributed by atoms with Gasteiger partial charge in [-0.15, -0.1) is 0 Å². The van der Waals surface area contributed by atoms with Gasteiger partial charge in [-0.05, 0) is 56.6 Å². The molecule has 11 heteroatoms. The van der Waals surface area contributed by atoms with E-state index in [9.17, 15) is 9.59 Å². The van der Waals surface area contributed by atoms with Gasteiger partial charge in [-0.25, -0.2) is 9.97 Å². The Hall–Kier alpha value is -4.90. The number of rotatable bonds is 13. The fourth-order valence-electron chi connectivity index (χ4n) is 5.69. The Morgan fingerprint density at radius 1 is 1.13 bits per heavy atom. The Morgan fingerprint density at radius 2 is 1.96 bits per heavy atom. The van der Waals surface area contributed by atoms with Crippen LogP contribution in [0.4, 0.5) is 23.0 Å². The number of carbonyl (C=O) groups is 2. The largest absolute Gasteiger partial charge is 0.494 e. The highest BCUT2D eigenvalue weighted by Gasteiger charge is 2.22. The number of anilines is 4. The predicted molar refractivity (Wildman–Crippen MR) is 179 cm³/mol. The van der Waals surface area contributed by atoms with Gasteiger partial charge in [0.05, 0.1) is 42.5 Å². The van der Waals surface area contributed by atoms with E-state index in [-0.39, 0.29) is 18.3 Å². The van der Waals surface area contributed by atoms with Crippen LogP contribution in [0.5, 0.6) is 5.75 Å². The topological polar surface area (TPSA) is 114 Å². The molecule has 0 fully saturated rings. The lowest BCUT2D eigenvalue weighted by Crippen LogP contribution is -2.29. The maximum Gasteiger partial charge on any atom is 0.305 e. The zero-order valence-electron chi connectivity index (χ0n) is 26.6. The highest BCUT2D eigenvalue weighted by Crippen LogP contribution is 2.39. The second-order valence-electron chi connectivity index (χ2n) is 11.4. The standard InChI is InChI=1S/C34H41N7O4/c1-7-30(42)36-26-18-27(29(44-5)19-28(26)40(4)17-16-39(2)3)37-34-35-20-23(13-14-31(43)45-6)32(38-34)25-21-41-15-9-11-22-10-8-12-24(25)33(22)41/h7-8,10,12,18-21H,1,9,11,13-17H2,2-6H3,(H,36,42)(H,35,37,38). The molecule has 3 heterocycles. The second-order valence-corrected chi connectivity index (χ2v) is 11.4. The Morgan fingerprint density at radius 3 is 2.69 bits per heavy atom. The lowest BCUT2D eigenvalue weighted by Gasteiger charge is -2.26. The molecule has 0 bridgehead atoms. The molecule has 2 aromatic carbocycles. The molecule has 0 saturated carbocycles. The van der Waals surface area contributed by atoms with Gasteiger partial charge in [-0.3, -0.25) is 9.59 Å². The fourth-order valence-corrected chi connectivity index (χ4v) is 5.69. The van der Waals surface area contributed by atoms with Gasteiger partial charge < -0.3 is 34.5 Å². The van der Waals surface area contributed by atoms with E-state index < -0.39 is 0 Å². The first-order chi connectivity index (χ1) is 21.7. The summed E-state index contributed by atoms with van der Waals surface area (Å²) in [5.41, 5.74) is 7.10. The quantitative estimate of drug-likeness (QED) is 0.159. The molecular formula is C34H41N7O4. The minimum absolute atomic E-state index is 0.215. The lowest BCUT2D eigenvalue weighted by atomic mass is 9.99. The number of aromatic nitrogens is 3. The van der Waals surface area contributed by atoms with Crippen LogP contribution < -0.4 is 20.3 Å². The first-order valence-corrected chi connectivity index (χ1v) is 15.0. The summed E-state index contributed by atoms with van der Waals surface area (Å²) in [5.74, 6) is 0.298. The molecular weight excluding hydrogens is 570 g/mol. The molecule has 11 nitrogen and oxygen atoms in total. The molecule has 5 rings (SSSR count). The van der Waals surface area contributed by atoms with E-state index in [2.05, 4.69) is 61.0 Å². The molecule has 0 atom stereocenters. The Labute approximate surface area is 263 Å².